The third-order valence-corrected chi connectivity index (χ3v) is 6.59. The van der Waals surface area contributed by atoms with E-state index in [1.807, 2.05) is 54.6 Å². The zero-order chi connectivity index (χ0) is 25.2. The first-order chi connectivity index (χ1) is 17.6. The smallest absolute Gasteiger partial charge is 0.237 e. The van der Waals surface area contributed by atoms with Crippen LogP contribution in [0.3, 0.4) is 0 Å². The number of amides is 1. The first-order valence-corrected chi connectivity index (χ1v) is 12.7. The molecule has 1 saturated heterocycles. The molecule has 1 amide bonds. The molecule has 0 aliphatic carbocycles. The largest absolute Gasteiger partial charge is 0.489 e. The van der Waals surface area contributed by atoms with Gasteiger partial charge in [-0.2, -0.15) is 0 Å². The van der Waals surface area contributed by atoms with Crippen LogP contribution in [0.5, 0.6) is 5.75 Å². The molecule has 4 rings (SSSR count). The molecule has 0 spiro atoms. The summed E-state index contributed by atoms with van der Waals surface area (Å²) in [7, 11) is 1.63. The summed E-state index contributed by atoms with van der Waals surface area (Å²) in [5, 5.41) is 7.35. The van der Waals surface area contributed by atoms with Crippen LogP contribution in [-0.4, -0.2) is 49.7 Å². The SMILES string of the molecule is COCCNC(=O)[C@@H]1C[C@@H](NCc2ccc(OCc3ccccc3)cc2)CN1Cc1cccc(Cl)c1. The Bertz CT molecular complexity index is 1090. The van der Waals surface area contributed by atoms with Crippen molar-refractivity contribution in [2.24, 2.45) is 0 Å². The lowest BCUT2D eigenvalue weighted by Crippen LogP contribution is -2.43. The van der Waals surface area contributed by atoms with Gasteiger partial charge in [0.25, 0.3) is 0 Å². The molecule has 1 aliphatic heterocycles. The molecular weight excluding hydrogens is 474 g/mol. The third kappa shape index (κ3) is 7.80. The highest BCUT2D eigenvalue weighted by molar-refractivity contribution is 6.30. The van der Waals surface area contributed by atoms with Crippen LogP contribution >= 0.6 is 11.6 Å². The summed E-state index contributed by atoms with van der Waals surface area (Å²) in [6.07, 6.45) is 0.748. The van der Waals surface area contributed by atoms with Gasteiger partial charge in [0.05, 0.1) is 12.6 Å². The van der Waals surface area contributed by atoms with E-state index in [1.165, 1.54) is 5.56 Å². The fraction of sp³-hybridized carbons (Fsp3) is 0.345. The Morgan fingerprint density at radius 1 is 1.00 bits per heavy atom. The van der Waals surface area contributed by atoms with Crippen molar-refractivity contribution in [1.82, 2.24) is 15.5 Å². The maximum absolute atomic E-state index is 12.9. The number of likely N-dealkylation sites (tertiary alicyclic amines) is 1. The molecule has 3 aromatic rings. The number of carbonyl (C=O) groups is 1. The summed E-state index contributed by atoms with van der Waals surface area (Å²) >= 11 is 6.19. The normalized spacial score (nSPS) is 17.7. The molecule has 190 valence electrons. The summed E-state index contributed by atoms with van der Waals surface area (Å²) < 4.78 is 11.0. The monoisotopic (exact) mass is 507 g/mol. The Morgan fingerprint density at radius 2 is 1.78 bits per heavy atom. The number of ether oxygens (including phenoxy) is 2. The molecule has 0 unspecified atom stereocenters. The Balaban J connectivity index is 1.31. The Kier molecular flexibility index (Phi) is 9.76. The van der Waals surface area contributed by atoms with Crippen LogP contribution in [0, 0.1) is 0 Å². The van der Waals surface area contributed by atoms with Gasteiger partial charge in [0, 0.05) is 44.4 Å². The Labute approximate surface area is 218 Å². The standard InChI is InChI=1S/C29H34ClN3O3/c1-35-15-14-31-29(34)28-17-26(20-33(28)19-24-8-5-9-25(30)16-24)32-18-22-10-12-27(13-11-22)36-21-23-6-3-2-4-7-23/h2-13,16,26,28,32H,14-15,17-21H2,1H3,(H,31,34)/t26-,28+/m1/s1. The van der Waals surface area contributed by atoms with E-state index >= 15 is 0 Å². The fourth-order valence-corrected chi connectivity index (χ4v) is 4.68. The van der Waals surface area contributed by atoms with Crippen molar-refractivity contribution in [2.75, 3.05) is 26.8 Å². The van der Waals surface area contributed by atoms with Gasteiger partial charge in [0.15, 0.2) is 0 Å². The Morgan fingerprint density at radius 3 is 2.53 bits per heavy atom. The van der Waals surface area contributed by atoms with Crippen LogP contribution < -0.4 is 15.4 Å². The van der Waals surface area contributed by atoms with E-state index in [2.05, 4.69) is 39.8 Å². The second kappa shape index (κ2) is 13.4. The highest BCUT2D eigenvalue weighted by atomic mass is 35.5. The molecule has 2 N–H and O–H groups in total. The lowest BCUT2D eigenvalue weighted by Gasteiger charge is -2.23. The predicted octanol–water partition coefficient (Wildman–Crippen LogP) is 4.41. The van der Waals surface area contributed by atoms with Crippen LogP contribution in [0.2, 0.25) is 5.02 Å². The summed E-state index contributed by atoms with van der Waals surface area (Å²) in [5.41, 5.74) is 3.42. The molecule has 0 saturated carbocycles. The molecule has 2 atom stereocenters. The topological polar surface area (TPSA) is 62.8 Å². The highest BCUT2D eigenvalue weighted by Crippen LogP contribution is 2.23. The van der Waals surface area contributed by atoms with Gasteiger partial charge in [-0.3, -0.25) is 9.69 Å². The maximum Gasteiger partial charge on any atom is 0.237 e. The fourth-order valence-electron chi connectivity index (χ4n) is 4.47. The number of hydrogen-bond donors (Lipinski definition) is 2. The molecular formula is C29H34ClN3O3. The zero-order valence-corrected chi connectivity index (χ0v) is 21.4. The van der Waals surface area contributed by atoms with Crippen molar-refractivity contribution in [2.45, 2.75) is 38.2 Å². The number of rotatable bonds is 12. The average Bonchev–Trinajstić information content (AvgIpc) is 3.30. The third-order valence-electron chi connectivity index (χ3n) is 6.35. The lowest BCUT2D eigenvalue weighted by molar-refractivity contribution is -0.125. The minimum absolute atomic E-state index is 0.0401. The van der Waals surface area contributed by atoms with Gasteiger partial charge in [0.1, 0.15) is 12.4 Å². The van der Waals surface area contributed by atoms with E-state index in [0.29, 0.717) is 31.3 Å². The van der Waals surface area contributed by atoms with Crippen LogP contribution in [0.1, 0.15) is 23.1 Å². The second-order valence-electron chi connectivity index (χ2n) is 9.09. The number of nitrogens with one attached hydrogen (secondary N) is 2. The van der Waals surface area contributed by atoms with E-state index in [-0.39, 0.29) is 18.0 Å². The number of carbonyl (C=O) groups excluding carboxylic acids is 1. The molecule has 0 radical (unpaired) electrons. The summed E-state index contributed by atoms with van der Waals surface area (Å²) in [6, 6.07) is 26.2. The predicted molar refractivity (Wildman–Crippen MR) is 143 cm³/mol. The number of benzene rings is 3. The van der Waals surface area contributed by atoms with Crippen LogP contribution in [0.25, 0.3) is 0 Å². The van der Waals surface area contributed by atoms with Crippen molar-refractivity contribution in [3.8, 4) is 5.75 Å². The first-order valence-electron chi connectivity index (χ1n) is 12.3. The van der Waals surface area contributed by atoms with Crippen molar-refractivity contribution in [3.63, 3.8) is 0 Å². The van der Waals surface area contributed by atoms with E-state index in [0.717, 1.165) is 36.4 Å². The van der Waals surface area contributed by atoms with Crippen molar-refractivity contribution >= 4 is 17.5 Å². The number of nitrogens with zero attached hydrogens (tertiary/aromatic N) is 1. The Hall–Kier alpha value is -2.90. The minimum Gasteiger partial charge on any atom is -0.489 e. The maximum atomic E-state index is 12.9. The number of halogens is 1. The molecule has 0 aromatic heterocycles. The molecule has 0 bridgehead atoms. The van der Waals surface area contributed by atoms with Crippen molar-refractivity contribution < 1.29 is 14.3 Å². The van der Waals surface area contributed by atoms with E-state index in [9.17, 15) is 4.79 Å². The van der Waals surface area contributed by atoms with Crippen molar-refractivity contribution in [3.05, 3.63) is 101 Å². The quantitative estimate of drug-likeness (QED) is 0.355. The number of hydrogen-bond acceptors (Lipinski definition) is 5. The molecule has 1 fully saturated rings. The molecule has 1 heterocycles. The van der Waals surface area contributed by atoms with Gasteiger partial charge in [-0.15, -0.1) is 0 Å². The summed E-state index contributed by atoms with van der Waals surface area (Å²) in [4.78, 5) is 15.2. The molecule has 3 aromatic carbocycles. The van der Waals surface area contributed by atoms with Gasteiger partial charge in [-0.05, 0) is 47.4 Å². The van der Waals surface area contributed by atoms with Crippen molar-refractivity contribution in [1.29, 1.82) is 0 Å². The summed E-state index contributed by atoms with van der Waals surface area (Å²) in [5.74, 6) is 0.891. The van der Waals surface area contributed by atoms with E-state index in [4.69, 9.17) is 21.1 Å². The summed E-state index contributed by atoms with van der Waals surface area (Å²) in [6.45, 7) is 3.75. The van der Waals surface area contributed by atoms with Gasteiger partial charge in [0.2, 0.25) is 5.91 Å². The average molecular weight is 508 g/mol. The van der Waals surface area contributed by atoms with E-state index in [1.54, 1.807) is 7.11 Å². The van der Waals surface area contributed by atoms with Gasteiger partial charge < -0.3 is 20.1 Å². The second-order valence-corrected chi connectivity index (χ2v) is 9.53. The molecule has 7 heteroatoms. The molecule has 1 aliphatic rings. The number of methoxy groups -OCH3 is 1. The van der Waals surface area contributed by atoms with Gasteiger partial charge in [-0.1, -0.05) is 66.2 Å². The molecule has 36 heavy (non-hydrogen) atoms. The van der Waals surface area contributed by atoms with E-state index < -0.39 is 0 Å². The van der Waals surface area contributed by atoms with Gasteiger partial charge in [-0.25, -0.2) is 0 Å². The minimum atomic E-state index is -0.202. The van der Waals surface area contributed by atoms with Crippen LogP contribution in [0.4, 0.5) is 0 Å². The lowest BCUT2D eigenvalue weighted by atomic mass is 10.1. The zero-order valence-electron chi connectivity index (χ0n) is 20.7. The van der Waals surface area contributed by atoms with Gasteiger partial charge >= 0.3 is 0 Å². The highest BCUT2D eigenvalue weighted by Gasteiger charge is 2.36. The van der Waals surface area contributed by atoms with Crippen LogP contribution in [0.15, 0.2) is 78.9 Å². The molecule has 6 nitrogen and oxygen atoms in total. The van der Waals surface area contributed by atoms with Crippen LogP contribution in [-0.2, 0) is 29.2 Å². The first kappa shape index (κ1) is 26.2.